The van der Waals surface area contributed by atoms with Crippen LogP contribution in [0.5, 0.6) is 5.75 Å². The first-order valence-electron chi connectivity index (χ1n) is 8.80. The maximum absolute atomic E-state index is 12.2. The molecule has 4 nitrogen and oxygen atoms in total. The summed E-state index contributed by atoms with van der Waals surface area (Å²) in [5, 5.41) is 23.6. The number of phenols is 1. The quantitative estimate of drug-likeness (QED) is 0.798. The molecule has 0 atom stereocenters. The Morgan fingerprint density at radius 1 is 1.13 bits per heavy atom. The van der Waals surface area contributed by atoms with Gasteiger partial charge in [-0.1, -0.05) is 12.1 Å². The zero-order valence-electron chi connectivity index (χ0n) is 13.4. The Kier molecular flexibility index (Phi) is 3.60. The summed E-state index contributed by atoms with van der Waals surface area (Å²) in [7, 11) is 0. The van der Waals surface area contributed by atoms with E-state index in [9.17, 15) is 15.0 Å². The van der Waals surface area contributed by atoms with Gasteiger partial charge in [-0.15, -0.1) is 0 Å². The van der Waals surface area contributed by atoms with Crippen molar-refractivity contribution in [2.75, 3.05) is 6.54 Å². The minimum absolute atomic E-state index is 0.0853. The van der Waals surface area contributed by atoms with Gasteiger partial charge in [-0.25, -0.2) is 0 Å². The molecule has 4 fully saturated rings. The van der Waals surface area contributed by atoms with E-state index in [0.29, 0.717) is 18.4 Å². The van der Waals surface area contributed by atoms with Crippen LogP contribution in [0.15, 0.2) is 24.3 Å². The second-order valence-corrected chi connectivity index (χ2v) is 7.92. The van der Waals surface area contributed by atoms with Crippen LogP contribution in [0.25, 0.3) is 0 Å². The van der Waals surface area contributed by atoms with E-state index in [2.05, 4.69) is 5.32 Å². The Morgan fingerprint density at radius 2 is 1.78 bits per heavy atom. The largest absolute Gasteiger partial charge is 0.508 e. The van der Waals surface area contributed by atoms with E-state index >= 15 is 0 Å². The molecule has 4 heteroatoms. The van der Waals surface area contributed by atoms with Gasteiger partial charge in [0.05, 0.1) is 12.0 Å². The number of nitrogens with one attached hydrogen (secondary N) is 1. The third kappa shape index (κ3) is 2.74. The highest BCUT2D eigenvalue weighted by Gasteiger charge is 2.56. The number of benzene rings is 1. The predicted octanol–water partition coefficient (Wildman–Crippen LogP) is 2.24. The fourth-order valence-corrected chi connectivity index (χ4v) is 5.44. The third-order valence-corrected chi connectivity index (χ3v) is 6.40. The first-order chi connectivity index (χ1) is 11.0. The molecule has 4 aliphatic carbocycles. The monoisotopic (exact) mass is 315 g/mol. The summed E-state index contributed by atoms with van der Waals surface area (Å²) in [6, 6.07) is 6.77. The molecule has 3 N–H and O–H groups in total. The highest BCUT2D eigenvalue weighted by atomic mass is 16.3. The SMILES string of the molecule is O=C(Cc1cccc(O)c1)NCC1(O)C2CC3CC(C2)CC1C3. The average Bonchev–Trinajstić information content (AvgIpc) is 2.50. The van der Waals surface area contributed by atoms with Crippen molar-refractivity contribution in [2.24, 2.45) is 23.7 Å². The first kappa shape index (κ1) is 15.0. The lowest BCUT2D eigenvalue weighted by molar-refractivity contribution is -0.171. The molecule has 4 bridgehead atoms. The Morgan fingerprint density at radius 3 is 2.39 bits per heavy atom. The fraction of sp³-hybridized carbons (Fsp3) is 0.632. The number of rotatable bonds is 4. The molecular weight excluding hydrogens is 290 g/mol. The molecule has 4 saturated carbocycles. The van der Waals surface area contributed by atoms with E-state index in [1.165, 1.54) is 6.42 Å². The van der Waals surface area contributed by atoms with Crippen molar-refractivity contribution in [3.05, 3.63) is 29.8 Å². The van der Waals surface area contributed by atoms with Crippen LogP contribution in [0.3, 0.4) is 0 Å². The Labute approximate surface area is 136 Å². The number of hydrogen-bond acceptors (Lipinski definition) is 3. The number of carbonyl (C=O) groups excluding carboxylic acids is 1. The molecule has 23 heavy (non-hydrogen) atoms. The van der Waals surface area contributed by atoms with Crippen LogP contribution in [0, 0.1) is 23.7 Å². The van der Waals surface area contributed by atoms with Gasteiger partial charge in [-0.05, 0) is 73.5 Å². The lowest BCUT2D eigenvalue weighted by Crippen LogP contribution is -2.62. The summed E-state index contributed by atoms with van der Waals surface area (Å²) in [4.78, 5) is 12.2. The number of amides is 1. The zero-order chi connectivity index (χ0) is 16.0. The standard InChI is InChI=1S/C19H25NO3/c21-17-3-1-2-12(9-17)10-18(22)20-11-19(23)15-5-13-4-14(7-15)8-16(19)6-13/h1-3,9,13-16,21,23H,4-8,10-11H2,(H,20,22). The van der Waals surface area contributed by atoms with Crippen LogP contribution in [0.4, 0.5) is 0 Å². The summed E-state index contributed by atoms with van der Waals surface area (Å²) in [5.74, 6) is 2.42. The molecular formula is C19H25NO3. The predicted molar refractivity (Wildman–Crippen MR) is 86.8 cm³/mol. The van der Waals surface area contributed by atoms with Crippen molar-refractivity contribution in [3.63, 3.8) is 0 Å². The summed E-state index contributed by atoms with van der Waals surface area (Å²) >= 11 is 0. The van der Waals surface area contributed by atoms with Crippen LogP contribution in [-0.2, 0) is 11.2 Å². The van der Waals surface area contributed by atoms with Crippen LogP contribution >= 0.6 is 0 Å². The van der Waals surface area contributed by atoms with Crippen LogP contribution < -0.4 is 5.32 Å². The molecule has 0 saturated heterocycles. The lowest BCUT2D eigenvalue weighted by atomic mass is 9.50. The Balaban J connectivity index is 1.38. The van der Waals surface area contributed by atoms with Crippen molar-refractivity contribution in [1.29, 1.82) is 0 Å². The maximum Gasteiger partial charge on any atom is 0.224 e. The third-order valence-electron chi connectivity index (χ3n) is 6.40. The Hall–Kier alpha value is -1.55. The van der Waals surface area contributed by atoms with Gasteiger partial charge >= 0.3 is 0 Å². The molecule has 0 radical (unpaired) electrons. The van der Waals surface area contributed by atoms with Crippen molar-refractivity contribution in [2.45, 2.75) is 44.1 Å². The summed E-state index contributed by atoms with van der Waals surface area (Å²) in [5.41, 5.74) is 0.0848. The second kappa shape index (κ2) is 5.52. The van der Waals surface area contributed by atoms with Gasteiger partial charge in [-0.3, -0.25) is 4.79 Å². The van der Waals surface area contributed by atoms with Gasteiger partial charge in [0, 0.05) is 6.54 Å². The highest BCUT2D eigenvalue weighted by Crippen LogP contribution is 2.58. The van der Waals surface area contributed by atoms with Gasteiger partial charge in [0.2, 0.25) is 5.91 Å². The van der Waals surface area contributed by atoms with Crippen molar-refractivity contribution in [1.82, 2.24) is 5.32 Å². The molecule has 1 aromatic carbocycles. The normalized spacial score (nSPS) is 37.8. The number of phenolic OH excluding ortho intramolecular Hbond substituents is 1. The molecule has 0 unspecified atom stereocenters. The summed E-state index contributed by atoms with van der Waals surface area (Å²) in [6.07, 6.45) is 6.12. The number of hydrogen-bond donors (Lipinski definition) is 3. The van der Waals surface area contributed by atoms with E-state index in [1.807, 2.05) is 6.07 Å². The molecule has 124 valence electrons. The van der Waals surface area contributed by atoms with Gasteiger partial charge in [-0.2, -0.15) is 0 Å². The van der Waals surface area contributed by atoms with Crippen molar-refractivity contribution < 1.29 is 15.0 Å². The zero-order valence-corrected chi connectivity index (χ0v) is 13.4. The first-order valence-corrected chi connectivity index (χ1v) is 8.80. The van der Waals surface area contributed by atoms with E-state index in [0.717, 1.165) is 43.1 Å². The van der Waals surface area contributed by atoms with Crippen LogP contribution in [0.1, 0.15) is 37.7 Å². The highest BCUT2D eigenvalue weighted by molar-refractivity contribution is 5.78. The van der Waals surface area contributed by atoms with Crippen molar-refractivity contribution in [3.8, 4) is 5.75 Å². The topological polar surface area (TPSA) is 69.6 Å². The summed E-state index contributed by atoms with van der Waals surface area (Å²) in [6.45, 7) is 0.374. The average molecular weight is 315 g/mol. The minimum Gasteiger partial charge on any atom is -0.508 e. The summed E-state index contributed by atoms with van der Waals surface area (Å²) < 4.78 is 0. The Bertz CT molecular complexity index is 584. The van der Waals surface area contributed by atoms with Crippen LogP contribution in [0.2, 0.25) is 0 Å². The van der Waals surface area contributed by atoms with Crippen molar-refractivity contribution >= 4 is 5.91 Å². The molecule has 0 spiro atoms. The number of aliphatic hydroxyl groups is 1. The lowest BCUT2D eigenvalue weighted by Gasteiger charge is -2.58. The number of carbonyl (C=O) groups is 1. The molecule has 5 rings (SSSR count). The van der Waals surface area contributed by atoms with Gasteiger partial charge < -0.3 is 15.5 Å². The van der Waals surface area contributed by atoms with E-state index in [-0.39, 0.29) is 18.1 Å². The molecule has 1 amide bonds. The van der Waals surface area contributed by atoms with Gasteiger partial charge in [0.1, 0.15) is 5.75 Å². The second-order valence-electron chi connectivity index (χ2n) is 7.92. The molecule has 4 aliphatic rings. The fourth-order valence-electron chi connectivity index (χ4n) is 5.44. The van der Waals surface area contributed by atoms with Gasteiger partial charge in [0.25, 0.3) is 0 Å². The molecule has 1 aromatic rings. The maximum atomic E-state index is 12.2. The van der Waals surface area contributed by atoms with Crippen LogP contribution in [-0.4, -0.2) is 28.3 Å². The molecule has 0 aromatic heterocycles. The molecule has 0 heterocycles. The van der Waals surface area contributed by atoms with E-state index in [1.54, 1.807) is 18.2 Å². The minimum atomic E-state index is -0.706. The molecule has 0 aliphatic heterocycles. The number of aromatic hydroxyl groups is 1. The van der Waals surface area contributed by atoms with E-state index < -0.39 is 5.60 Å². The van der Waals surface area contributed by atoms with E-state index in [4.69, 9.17) is 0 Å². The smallest absolute Gasteiger partial charge is 0.224 e. The van der Waals surface area contributed by atoms with Gasteiger partial charge in [0.15, 0.2) is 0 Å².